The van der Waals surface area contributed by atoms with Crippen LogP contribution in [0.15, 0.2) is 18.7 Å². The highest BCUT2D eigenvalue weighted by atomic mass is 35.5. The van der Waals surface area contributed by atoms with E-state index in [9.17, 15) is 9.59 Å². The minimum absolute atomic E-state index is 0.00308. The van der Waals surface area contributed by atoms with E-state index in [4.69, 9.17) is 17.3 Å². The summed E-state index contributed by atoms with van der Waals surface area (Å²) in [5, 5.41) is 0.855. The molecule has 3 heterocycles. The number of likely N-dealkylation sites (tertiary alicyclic amines) is 1. The lowest BCUT2D eigenvalue weighted by Crippen LogP contribution is -2.51. The number of nitrogens with zero attached hydrogens (tertiary/aromatic N) is 2. The first-order valence-electron chi connectivity index (χ1n) is 9.35. The molecule has 0 radical (unpaired) electrons. The molecule has 2 amide bonds. The van der Waals surface area contributed by atoms with Crippen LogP contribution < -0.4 is 10.6 Å². The highest BCUT2D eigenvalue weighted by Crippen LogP contribution is 2.43. The fraction of sp³-hybridized carbons (Fsp3) is 0.400. The van der Waals surface area contributed by atoms with E-state index in [2.05, 4.69) is 11.6 Å². The van der Waals surface area contributed by atoms with Gasteiger partial charge < -0.3 is 20.5 Å². The molecule has 3 N–H and O–H groups in total. The number of fused-ring (bicyclic) bond motifs is 2. The molecular formula is C20H22ClFN4O2. The van der Waals surface area contributed by atoms with Crippen LogP contribution in [0.3, 0.4) is 0 Å². The first kappa shape index (κ1) is 18.8. The van der Waals surface area contributed by atoms with E-state index >= 15 is 4.39 Å². The molecule has 8 heteroatoms. The predicted molar refractivity (Wildman–Crippen MR) is 107 cm³/mol. The number of nitrogens with one attached hydrogen (secondary N) is 1. The predicted octanol–water partition coefficient (Wildman–Crippen LogP) is 3.12. The molecule has 2 aliphatic heterocycles. The molecule has 1 aromatic carbocycles. The fourth-order valence-corrected chi connectivity index (χ4v) is 4.97. The number of rotatable bonds is 3. The Balaban J connectivity index is 1.87. The first-order valence-corrected chi connectivity index (χ1v) is 9.72. The molecule has 2 aliphatic rings. The van der Waals surface area contributed by atoms with E-state index in [-0.39, 0.29) is 23.6 Å². The Hall–Kier alpha value is -2.54. The van der Waals surface area contributed by atoms with Gasteiger partial charge >= 0.3 is 0 Å². The number of hydrogen-bond donors (Lipinski definition) is 2. The summed E-state index contributed by atoms with van der Waals surface area (Å²) >= 11 is 6.50. The van der Waals surface area contributed by atoms with E-state index < -0.39 is 11.7 Å². The van der Waals surface area contributed by atoms with Crippen LogP contribution in [0.5, 0.6) is 0 Å². The van der Waals surface area contributed by atoms with Gasteiger partial charge in [-0.25, -0.2) is 4.39 Å². The van der Waals surface area contributed by atoms with Crippen molar-refractivity contribution in [2.45, 2.75) is 38.3 Å². The number of aromatic amines is 1. The number of H-pyrrole nitrogens is 1. The van der Waals surface area contributed by atoms with Crippen LogP contribution in [0.2, 0.25) is 5.02 Å². The summed E-state index contributed by atoms with van der Waals surface area (Å²) in [6, 6.07) is 1.17. The van der Waals surface area contributed by atoms with Crippen LogP contribution in [0.1, 0.15) is 35.3 Å². The Morgan fingerprint density at radius 1 is 1.36 bits per heavy atom. The molecule has 2 saturated heterocycles. The maximum absolute atomic E-state index is 15.3. The number of anilines is 1. The van der Waals surface area contributed by atoms with Gasteiger partial charge in [0.25, 0.3) is 5.91 Å². The Kier molecular flexibility index (Phi) is 4.57. The van der Waals surface area contributed by atoms with Crippen molar-refractivity contribution in [3.63, 3.8) is 0 Å². The normalized spacial score (nSPS) is 21.8. The Morgan fingerprint density at radius 3 is 2.79 bits per heavy atom. The van der Waals surface area contributed by atoms with E-state index in [0.717, 1.165) is 19.3 Å². The van der Waals surface area contributed by atoms with Crippen molar-refractivity contribution in [1.82, 2.24) is 9.88 Å². The number of benzene rings is 1. The van der Waals surface area contributed by atoms with Gasteiger partial charge in [0.15, 0.2) is 0 Å². The van der Waals surface area contributed by atoms with E-state index in [1.165, 1.54) is 12.1 Å². The second kappa shape index (κ2) is 6.81. The largest absolute Gasteiger partial charge is 0.366 e. The van der Waals surface area contributed by atoms with Gasteiger partial charge in [0.2, 0.25) is 5.91 Å². The smallest absolute Gasteiger partial charge is 0.250 e. The standard InChI is InChI=1S/C20H22ClFN4O2/c1-3-15(27)25-8-6-14-13(25)5-4-7-26(14)19-12(22)9-11(20(23)28)18-16(19)17(21)10(2)24-18/h3,9,13-14,24H,1,4-8H2,2H3,(H2,23,28). The van der Waals surface area contributed by atoms with Crippen LogP contribution in [0.4, 0.5) is 10.1 Å². The minimum Gasteiger partial charge on any atom is -0.366 e. The molecule has 148 valence electrons. The number of primary amides is 1. The van der Waals surface area contributed by atoms with Gasteiger partial charge in [0, 0.05) is 24.2 Å². The van der Waals surface area contributed by atoms with Crippen molar-refractivity contribution < 1.29 is 14.0 Å². The molecular weight excluding hydrogens is 383 g/mol. The van der Waals surface area contributed by atoms with Gasteiger partial charge in [0.1, 0.15) is 5.82 Å². The number of carbonyl (C=O) groups excluding carboxylic acids is 2. The zero-order chi connectivity index (χ0) is 20.2. The molecule has 2 unspecified atom stereocenters. The molecule has 0 aliphatic carbocycles. The number of hydrogen-bond acceptors (Lipinski definition) is 3. The number of aromatic nitrogens is 1. The number of carbonyl (C=O) groups is 2. The maximum atomic E-state index is 15.3. The summed E-state index contributed by atoms with van der Waals surface area (Å²) in [7, 11) is 0. The summed E-state index contributed by atoms with van der Waals surface area (Å²) < 4.78 is 15.3. The van der Waals surface area contributed by atoms with Crippen LogP contribution in [-0.4, -0.2) is 46.9 Å². The van der Waals surface area contributed by atoms with Gasteiger partial charge in [-0.15, -0.1) is 0 Å². The Bertz CT molecular complexity index is 1000. The molecule has 2 aromatic rings. The monoisotopic (exact) mass is 404 g/mol. The van der Waals surface area contributed by atoms with Gasteiger partial charge in [-0.05, 0) is 38.3 Å². The zero-order valence-corrected chi connectivity index (χ0v) is 16.4. The van der Waals surface area contributed by atoms with Gasteiger partial charge in [-0.3, -0.25) is 9.59 Å². The summed E-state index contributed by atoms with van der Waals surface area (Å²) in [4.78, 5) is 30.9. The quantitative estimate of drug-likeness (QED) is 0.771. The summed E-state index contributed by atoms with van der Waals surface area (Å²) in [5.41, 5.74) is 7.00. The Morgan fingerprint density at radius 2 is 2.11 bits per heavy atom. The highest BCUT2D eigenvalue weighted by Gasteiger charge is 2.43. The first-order chi connectivity index (χ1) is 13.3. The second-order valence-corrected chi connectivity index (χ2v) is 7.81. The van der Waals surface area contributed by atoms with E-state index in [1.807, 2.05) is 9.80 Å². The van der Waals surface area contributed by atoms with Gasteiger partial charge in [-0.1, -0.05) is 18.2 Å². The molecule has 2 atom stereocenters. The molecule has 0 bridgehead atoms. The maximum Gasteiger partial charge on any atom is 0.250 e. The van der Waals surface area contributed by atoms with Gasteiger partial charge in [0.05, 0.1) is 33.9 Å². The molecule has 1 aromatic heterocycles. The van der Waals surface area contributed by atoms with Crippen LogP contribution in [-0.2, 0) is 4.79 Å². The Labute approximate surface area is 167 Å². The highest BCUT2D eigenvalue weighted by molar-refractivity contribution is 6.38. The minimum atomic E-state index is -0.714. The van der Waals surface area contributed by atoms with Crippen LogP contribution in [0, 0.1) is 12.7 Å². The lowest BCUT2D eigenvalue weighted by atomic mass is 9.94. The SMILES string of the molecule is C=CC(=O)N1CCC2C1CCCN2c1c(F)cc(C(N)=O)c2[nH]c(C)c(Cl)c12. The average molecular weight is 405 g/mol. The van der Waals surface area contributed by atoms with E-state index in [0.29, 0.717) is 40.4 Å². The molecule has 0 spiro atoms. The molecule has 2 fully saturated rings. The fourth-order valence-electron chi connectivity index (χ4n) is 4.74. The van der Waals surface area contributed by atoms with Crippen LogP contribution >= 0.6 is 11.6 Å². The third-order valence-corrected chi connectivity index (χ3v) is 6.41. The van der Waals surface area contributed by atoms with Crippen molar-refractivity contribution in [3.8, 4) is 0 Å². The van der Waals surface area contributed by atoms with Gasteiger partial charge in [-0.2, -0.15) is 0 Å². The number of halogens is 2. The number of amides is 2. The topological polar surface area (TPSA) is 82.4 Å². The number of piperidine rings is 1. The van der Waals surface area contributed by atoms with Crippen molar-refractivity contribution in [2.75, 3.05) is 18.0 Å². The molecule has 6 nitrogen and oxygen atoms in total. The molecule has 28 heavy (non-hydrogen) atoms. The average Bonchev–Trinajstić information content (AvgIpc) is 3.23. The lowest BCUT2D eigenvalue weighted by Gasteiger charge is -2.41. The number of aryl methyl sites for hydroxylation is 1. The van der Waals surface area contributed by atoms with Crippen molar-refractivity contribution in [3.05, 3.63) is 40.8 Å². The third-order valence-electron chi connectivity index (χ3n) is 5.93. The van der Waals surface area contributed by atoms with Crippen molar-refractivity contribution in [1.29, 1.82) is 0 Å². The third kappa shape index (κ3) is 2.68. The summed E-state index contributed by atoms with van der Waals surface area (Å²) in [6.07, 6.45) is 3.75. The number of nitrogens with two attached hydrogens (primary N) is 1. The van der Waals surface area contributed by atoms with Crippen molar-refractivity contribution in [2.24, 2.45) is 5.73 Å². The second-order valence-electron chi connectivity index (χ2n) is 7.43. The zero-order valence-electron chi connectivity index (χ0n) is 15.6. The van der Waals surface area contributed by atoms with Crippen molar-refractivity contribution >= 4 is 40.0 Å². The lowest BCUT2D eigenvalue weighted by molar-refractivity contribution is -0.127. The molecule has 0 saturated carbocycles. The summed E-state index contributed by atoms with van der Waals surface area (Å²) in [6.45, 7) is 6.62. The molecule has 4 rings (SSSR count). The van der Waals surface area contributed by atoms with E-state index in [1.54, 1.807) is 6.92 Å². The summed E-state index contributed by atoms with van der Waals surface area (Å²) in [5.74, 6) is -1.34. The van der Waals surface area contributed by atoms with Crippen LogP contribution in [0.25, 0.3) is 10.9 Å².